The zero-order valence-electron chi connectivity index (χ0n) is 24.8. The van der Waals surface area contributed by atoms with Gasteiger partial charge in [-0.2, -0.15) is 0 Å². The van der Waals surface area contributed by atoms with Crippen LogP contribution in [0.15, 0.2) is 78.2 Å². The molecule has 4 aromatic rings. The van der Waals surface area contributed by atoms with Gasteiger partial charge < -0.3 is 19.3 Å². The molecule has 4 rings (SSSR count). The Bertz CT molecular complexity index is 1430. The summed E-state index contributed by atoms with van der Waals surface area (Å²) in [6.45, 7) is 3.45. The van der Waals surface area contributed by atoms with Crippen LogP contribution in [-0.2, 0) is 26.1 Å². The summed E-state index contributed by atoms with van der Waals surface area (Å²) < 4.78 is 25.5. The van der Waals surface area contributed by atoms with E-state index in [1.807, 2.05) is 85.0 Å². The van der Waals surface area contributed by atoms with Gasteiger partial charge in [-0.25, -0.2) is 9.37 Å². The molecule has 0 aliphatic heterocycles. The second-order valence-electron chi connectivity index (χ2n) is 10.4. The van der Waals surface area contributed by atoms with Crippen LogP contribution in [0.3, 0.4) is 0 Å². The molecule has 7 nitrogen and oxygen atoms in total. The van der Waals surface area contributed by atoms with E-state index in [2.05, 4.69) is 9.80 Å². The van der Waals surface area contributed by atoms with Crippen LogP contribution in [0.1, 0.15) is 32.2 Å². The van der Waals surface area contributed by atoms with Gasteiger partial charge in [-0.3, -0.25) is 9.69 Å². The molecular weight excluding hydrogens is 551 g/mol. The Morgan fingerprint density at radius 3 is 2.29 bits per heavy atom. The number of carbonyl (C=O) groups is 1. The van der Waals surface area contributed by atoms with Gasteiger partial charge in [0.15, 0.2) is 11.5 Å². The second-order valence-corrected chi connectivity index (χ2v) is 11.3. The van der Waals surface area contributed by atoms with Crippen molar-refractivity contribution in [2.45, 2.75) is 26.1 Å². The number of methoxy groups -OCH3 is 2. The van der Waals surface area contributed by atoms with Gasteiger partial charge in [0.05, 0.1) is 20.8 Å². The first-order chi connectivity index (χ1) is 20.4. The maximum atomic E-state index is 14.6. The molecule has 3 aromatic carbocycles. The summed E-state index contributed by atoms with van der Waals surface area (Å²) in [5.74, 6) is 1.03. The molecule has 42 heavy (non-hydrogen) atoms. The van der Waals surface area contributed by atoms with Crippen LogP contribution in [0, 0.1) is 5.82 Å². The number of halogens is 1. The summed E-state index contributed by atoms with van der Waals surface area (Å²) in [6.07, 6.45) is 0.724. The summed E-state index contributed by atoms with van der Waals surface area (Å²) in [5.41, 5.74) is 3.22. The first kappa shape index (κ1) is 31.2. The van der Waals surface area contributed by atoms with Crippen molar-refractivity contribution in [3.05, 3.63) is 111 Å². The molecule has 0 radical (unpaired) electrons. The second kappa shape index (κ2) is 15.4. The highest BCUT2D eigenvalue weighted by molar-refractivity contribution is 7.09. The molecule has 1 amide bonds. The Balaban J connectivity index is 1.50. The Morgan fingerprint density at radius 1 is 0.833 bits per heavy atom. The Morgan fingerprint density at radius 2 is 1.57 bits per heavy atom. The maximum absolute atomic E-state index is 14.6. The van der Waals surface area contributed by atoms with Crippen molar-refractivity contribution in [3.8, 4) is 11.5 Å². The van der Waals surface area contributed by atoms with Crippen LogP contribution >= 0.6 is 11.3 Å². The topological polar surface area (TPSA) is 58.1 Å². The first-order valence-corrected chi connectivity index (χ1v) is 14.8. The molecule has 0 fully saturated rings. The van der Waals surface area contributed by atoms with Crippen LogP contribution in [0.4, 0.5) is 4.39 Å². The highest BCUT2D eigenvalue weighted by Crippen LogP contribution is 2.28. The number of thiazole rings is 1. The highest BCUT2D eigenvalue weighted by atomic mass is 32.1. The van der Waals surface area contributed by atoms with Crippen molar-refractivity contribution in [2.24, 2.45) is 0 Å². The van der Waals surface area contributed by atoms with Gasteiger partial charge >= 0.3 is 0 Å². The van der Waals surface area contributed by atoms with Gasteiger partial charge in [-0.05, 0) is 49.8 Å². The third kappa shape index (κ3) is 8.85. The Kier molecular flexibility index (Phi) is 11.5. The van der Waals surface area contributed by atoms with Crippen LogP contribution in [0.25, 0.3) is 0 Å². The standard InChI is InChI=1S/C33H39FN4O3S/c1-36(2)18-19-38(21-26-10-6-5-7-11-26)33(39)29-24-42-32(35-29)23-37(22-27-12-8-9-13-28(27)34)17-16-25-14-15-30(40-3)31(20-25)41-4/h5-15,20,24H,16-19,21-23H2,1-4H3. The van der Waals surface area contributed by atoms with E-state index in [-0.39, 0.29) is 11.7 Å². The molecule has 0 saturated carbocycles. The van der Waals surface area contributed by atoms with Crippen molar-refractivity contribution in [1.82, 2.24) is 19.7 Å². The number of ether oxygens (including phenoxy) is 2. The molecule has 0 saturated heterocycles. The van der Waals surface area contributed by atoms with Gasteiger partial charge in [-0.15, -0.1) is 11.3 Å². The predicted molar refractivity (Wildman–Crippen MR) is 166 cm³/mol. The summed E-state index contributed by atoms with van der Waals surface area (Å²) in [7, 11) is 7.23. The van der Waals surface area contributed by atoms with Crippen molar-refractivity contribution in [2.75, 3.05) is 47.9 Å². The maximum Gasteiger partial charge on any atom is 0.273 e. The number of hydrogen-bond acceptors (Lipinski definition) is 7. The molecule has 0 aliphatic carbocycles. The fraction of sp³-hybridized carbons (Fsp3) is 0.333. The largest absolute Gasteiger partial charge is 0.493 e. The lowest BCUT2D eigenvalue weighted by Crippen LogP contribution is -2.36. The normalized spacial score (nSPS) is 11.2. The SMILES string of the molecule is COc1ccc(CCN(Cc2nc(C(=O)N(CCN(C)C)Cc3ccccc3)cs2)Cc2ccccc2F)cc1OC. The first-order valence-electron chi connectivity index (χ1n) is 13.9. The predicted octanol–water partition coefficient (Wildman–Crippen LogP) is 5.75. The minimum Gasteiger partial charge on any atom is -0.493 e. The molecule has 222 valence electrons. The van der Waals surface area contributed by atoms with Crippen molar-refractivity contribution >= 4 is 17.2 Å². The van der Waals surface area contributed by atoms with E-state index in [1.54, 1.807) is 20.3 Å². The van der Waals surface area contributed by atoms with Crippen LogP contribution in [0.5, 0.6) is 11.5 Å². The van der Waals surface area contributed by atoms with Gasteiger partial charge in [0.1, 0.15) is 16.5 Å². The lowest BCUT2D eigenvalue weighted by atomic mass is 10.1. The van der Waals surface area contributed by atoms with E-state index in [0.717, 1.165) is 29.1 Å². The molecule has 1 heterocycles. The monoisotopic (exact) mass is 590 g/mol. The van der Waals surface area contributed by atoms with Gasteiger partial charge in [-0.1, -0.05) is 54.6 Å². The minimum absolute atomic E-state index is 0.0887. The van der Waals surface area contributed by atoms with E-state index in [0.29, 0.717) is 55.5 Å². The highest BCUT2D eigenvalue weighted by Gasteiger charge is 2.21. The Hall–Kier alpha value is -3.79. The molecular formula is C33H39FN4O3S. The average Bonchev–Trinajstić information content (AvgIpc) is 3.47. The fourth-order valence-electron chi connectivity index (χ4n) is 4.62. The van der Waals surface area contributed by atoms with Crippen LogP contribution < -0.4 is 9.47 Å². The van der Waals surface area contributed by atoms with E-state index in [9.17, 15) is 9.18 Å². The van der Waals surface area contributed by atoms with Crippen molar-refractivity contribution in [3.63, 3.8) is 0 Å². The summed E-state index contributed by atoms with van der Waals surface area (Å²) in [4.78, 5) is 24.4. The molecule has 0 aliphatic rings. The van der Waals surface area contributed by atoms with Crippen molar-refractivity contribution < 1.29 is 18.7 Å². The lowest BCUT2D eigenvalue weighted by molar-refractivity contribution is 0.0726. The molecule has 9 heteroatoms. The Labute approximate surface area is 252 Å². The quantitative estimate of drug-likeness (QED) is 0.176. The summed E-state index contributed by atoms with van der Waals surface area (Å²) in [6, 6.07) is 22.7. The average molecular weight is 591 g/mol. The minimum atomic E-state index is -0.235. The number of rotatable bonds is 15. The smallest absolute Gasteiger partial charge is 0.273 e. The van der Waals surface area contributed by atoms with E-state index < -0.39 is 0 Å². The third-order valence-electron chi connectivity index (χ3n) is 6.97. The van der Waals surface area contributed by atoms with Gasteiger partial charge in [0.25, 0.3) is 5.91 Å². The zero-order chi connectivity index (χ0) is 29.9. The van der Waals surface area contributed by atoms with Gasteiger partial charge in [0.2, 0.25) is 0 Å². The zero-order valence-corrected chi connectivity index (χ0v) is 25.6. The number of likely N-dealkylation sites (N-methyl/N-ethyl adjacent to an activating group) is 1. The van der Waals surface area contributed by atoms with Crippen LogP contribution in [0.2, 0.25) is 0 Å². The molecule has 0 N–H and O–H groups in total. The van der Waals surface area contributed by atoms with Crippen LogP contribution in [-0.4, -0.2) is 73.5 Å². The fourth-order valence-corrected chi connectivity index (χ4v) is 5.43. The lowest BCUT2D eigenvalue weighted by Gasteiger charge is -2.24. The molecule has 0 spiro atoms. The molecule has 0 atom stereocenters. The molecule has 0 bridgehead atoms. The number of benzene rings is 3. The number of aromatic nitrogens is 1. The van der Waals surface area contributed by atoms with Crippen molar-refractivity contribution in [1.29, 1.82) is 0 Å². The van der Waals surface area contributed by atoms with E-state index in [1.165, 1.54) is 17.4 Å². The number of amides is 1. The van der Waals surface area contributed by atoms with E-state index in [4.69, 9.17) is 14.5 Å². The number of carbonyl (C=O) groups excluding carboxylic acids is 1. The molecule has 0 unspecified atom stereocenters. The molecule has 1 aromatic heterocycles. The number of nitrogens with zero attached hydrogens (tertiary/aromatic N) is 4. The summed E-state index contributed by atoms with van der Waals surface area (Å²) in [5, 5.41) is 2.65. The summed E-state index contributed by atoms with van der Waals surface area (Å²) >= 11 is 1.46. The third-order valence-corrected chi connectivity index (χ3v) is 7.80. The van der Waals surface area contributed by atoms with Gasteiger partial charge in [0, 0.05) is 43.7 Å². The van der Waals surface area contributed by atoms with E-state index >= 15 is 0 Å². The number of hydrogen-bond donors (Lipinski definition) is 0.